The first-order valence-electron chi connectivity index (χ1n) is 4.65. The standard InChI is InChI=1S/C9H13NO6S/c1-5(11)10-2-3-17-6(4-7(12)13)8(14)9(15)16/h6H,2-4H2,1H3,(H,10,11)(H,12,13)(H,15,16)/p-2. The van der Waals surface area contributed by atoms with Crippen LogP contribution < -0.4 is 15.5 Å². The number of carbonyl (C=O) groups excluding carboxylic acids is 4. The molecule has 0 aliphatic carbocycles. The zero-order chi connectivity index (χ0) is 13.4. The van der Waals surface area contributed by atoms with Crippen molar-refractivity contribution in [2.24, 2.45) is 0 Å². The molecule has 0 rings (SSSR count). The van der Waals surface area contributed by atoms with Crippen molar-refractivity contribution in [1.29, 1.82) is 0 Å². The molecule has 7 nitrogen and oxygen atoms in total. The normalized spacial score (nSPS) is 11.6. The Morgan fingerprint density at radius 3 is 2.24 bits per heavy atom. The summed E-state index contributed by atoms with van der Waals surface area (Å²) in [6, 6.07) is 0. The average molecular weight is 261 g/mol. The Labute approximate surface area is 102 Å². The number of carboxylic acid groups (broad SMARTS) is 2. The summed E-state index contributed by atoms with van der Waals surface area (Å²) in [6.07, 6.45) is -0.697. The van der Waals surface area contributed by atoms with E-state index in [1.165, 1.54) is 6.92 Å². The number of carboxylic acids is 2. The third kappa shape index (κ3) is 7.34. The van der Waals surface area contributed by atoms with Gasteiger partial charge in [-0.05, 0) is 0 Å². The lowest BCUT2D eigenvalue weighted by atomic mass is 10.2. The second kappa shape index (κ2) is 7.66. The fourth-order valence-electron chi connectivity index (χ4n) is 0.938. The molecule has 96 valence electrons. The number of Topliss-reactive ketones (excluding diaryl/α,β-unsaturated/α-hetero) is 1. The van der Waals surface area contributed by atoms with Crippen molar-refractivity contribution in [1.82, 2.24) is 5.32 Å². The first-order valence-corrected chi connectivity index (χ1v) is 5.70. The molecule has 0 aliphatic rings. The largest absolute Gasteiger partial charge is 0.550 e. The van der Waals surface area contributed by atoms with Crippen molar-refractivity contribution in [3.63, 3.8) is 0 Å². The summed E-state index contributed by atoms with van der Waals surface area (Å²) in [4.78, 5) is 42.2. The van der Waals surface area contributed by atoms with Crippen LogP contribution >= 0.6 is 11.8 Å². The van der Waals surface area contributed by atoms with Gasteiger partial charge in [0, 0.05) is 31.6 Å². The minimum atomic E-state index is -1.93. The Morgan fingerprint density at radius 2 is 1.82 bits per heavy atom. The third-order valence-electron chi connectivity index (χ3n) is 1.64. The van der Waals surface area contributed by atoms with Crippen molar-refractivity contribution >= 4 is 35.4 Å². The quantitative estimate of drug-likeness (QED) is 0.358. The molecule has 0 saturated heterocycles. The number of thioether (sulfide) groups is 1. The number of rotatable bonds is 8. The van der Waals surface area contributed by atoms with Crippen LogP contribution in [-0.2, 0) is 19.2 Å². The second-order valence-electron chi connectivity index (χ2n) is 3.07. The van der Waals surface area contributed by atoms with Gasteiger partial charge in [0.15, 0.2) is 5.78 Å². The van der Waals surface area contributed by atoms with Crippen molar-refractivity contribution < 1.29 is 29.4 Å². The summed E-state index contributed by atoms with van der Waals surface area (Å²) in [6.45, 7) is 1.51. The lowest BCUT2D eigenvalue weighted by molar-refractivity contribution is -0.305. The third-order valence-corrected chi connectivity index (χ3v) is 2.86. The first-order chi connectivity index (χ1) is 7.84. The molecule has 0 aromatic heterocycles. The first kappa shape index (κ1) is 15.4. The highest BCUT2D eigenvalue weighted by atomic mass is 32.2. The zero-order valence-corrected chi connectivity index (χ0v) is 9.87. The SMILES string of the molecule is CC(=O)NCCSC(CC(=O)[O-])C(=O)C(=O)[O-]. The van der Waals surface area contributed by atoms with Crippen LogP contribution in [0.4, 0.5) is 0 Å². The van der Waals surface area contributed by atoms with E-state index in [9.17, 15) is 29.4 Å². The van der Waals surface area contributed by atoms with Crippen LogP contribution in [0.5, 0.6) is 0 Å². The molecule has 0 aromatic carbocycles. The molecule has 0 fully saturated rings. The topological polar surface area (TPSA) is 126 Å². The van der Waals surface area contributed by atoms with Gasteiger partial charge in [0.1, 0.15) is 5.97 Å². The molecular formula is C9H11NO6S-2. The van der Waals surface area contributed by atoms with E-state index in [0.717, 1.165) is 11.8 Å². The highest BCUT2D eigenvalue weighted by molar-refractivity contribution is 8.00. The molecule has 0 spiro atoms. The Morgan fingerprint density at radius 1 is 1.24 bits per heavy atom. The highest BCUT2D eigenvalue weighted by Gasteiger charge is 2.19. The van der Waals surface area contributed by atoms with Gasteiger partial charge in [-0.1, -0.05) is 0 Å². The van der Waals surface area contributed by atoms with Gasteiger partial charge < -0.3 is 25.1 Å². The van der Waals surface area contributed by atoms with Gasteiger partial charge in [-0.2, -0.15) is 0 Å². The monoisotopic (exact) mass is 261 g/mol. The average Bonchev–Trinajstić information content (AvgIpc) is 2.20. The Hall–Kier alpha value is -1.57. The number of amides is 1. The van der Waals surface area contributed by atoms with Gasteiger partial charge in [0.2, 0.25) is 5.91 Å². The molecule has 8 heteroatoms. The van der Waals surface area contributed by atoms with E-state index >= 15 is 0 Å². The summed E-state index contributed by atoms with van der Waals surface area (Å²) in [5.41, 5.74) is 0. The molecule has 0 aromatic rings. The Kier molecular flexibility index (Phi) is 6.95. The summed E-state index contributed by atoms with van der Waals surface area (Å²) in [7, 11) is 0. The van der Waals surface area contributed by atoms with E-state index in [4.69, 9.17) is 0 Å². The number of carbonyl (C=O) groups is 4. The fourth-order valence-corrected chi connectivity index (χ4v) is 1.94. The maximum atomic E-state index is 11.0. The predicted molar refractivity (Wildman–Crippen MR) is 54.6 cm³/mol. The maximum absolute atomic E-state index is 11.0. The molecule has 0 heterocycles. The van der Waals surface area contributed by atoms with Crippen molar-refractivity contribution in [3.8, 4) is 0 Å². The molecular weight excluding hydrogens is 250 g/mol. The van der Waals surface area contributed by atoms with Crippen molar-refractivity contribution in [3.05, 3.63) is 0 Å². The van der Waals surface area contributed by atoms with E-state index in [2.05, 4.69) is 5.32 Å². The van der Waals surface area contributed by atoms with E-state index in [-0.39, 0.29) is 18.2 Å². The van der Waals surface area contributed by atoms with Crippen LogP contribution in [0, 0.1) is 0 Å². The number of hydrogen-bond acceptors (Lipinski definition) is 7. The smallest absolute Gasteiger partial charge is 0.216 e. The summed E-state index contributed by atoms with van der Waals surface area (Å²) < 4.78 is 0. The number of aliphatic carboxylic acids is 2. The van der Waals surface area contributed by atoms with Gasteiger partial charge in [0.05, 0.1) is 5.25 Å². The molecule has 1 N–H and O–H groups in total. The van der Waals surface area contributed by atoms with Gasteiger partial charge >= 0.3 is 0 Å². The molecule has 1 amide bonds. The number of ketones is 1. The molecule has 0 saturated carbocycles. The van der Waals surface area contributed by atoms with E-state index in [1.807, 2.05) is 0 Å². The molecule has 0 bridgehead atoms. The second-order valence-corrected chi connectivity index (χ2v) is 4.38. The fraction of sp³-hybridized carbons (Fsp3) is 0.556. The molecule has 1 unspecified atom stereocenters. The van der Waals surface area contributed by atoms with Crippen LogP contribution in [-0.4, -0.2) is 41.2 Å². The highest BCUT2D eigenvalue weighted by Crippen LogP contribution is 2.14. The number of hydrogen-bond donors (Lipinski definition) is 1. The Bertz CT molecular complexity index is 329. The summed E-state index contributed by atoms with van der Waals surface area (Å²) in [5.74, 6) is -4.79. The lowest BCUT2D eigenvalue weighted by Gasteiger charge is -2.16. The van der Waals surface area contributed by atoms with Crippen LogP contribution in [0.3, 0.4) is 0 Å². The van der Waals surface area contributed by atoms with E-state index in [0.29, 0.717) is 0 Å². The predicted octanol–water partition coefficient (Wildman–Crippen LogP) is -3.32. The minimum Gasteiger partial charge on any atom is -0.550 e. The zero-order valence-electron chi connectivity index (χ0n) is 9.06. The van der Waals surface area contributed by atoms with Gasteiger partial charge in [-0.25, -0.2) is 0 Å². The molecule has 0 aliphatic heterocycles. The van der Waals surface area contributed by atoms with Gasteiger partial charge in [0.25, 0.3) is 0 Å². The van der Waals surface area contributed by atoms with Crippen LogP contribution in [0.1, 0.15) is 13.3 Å². The van der Waals surface area contributed by atoms with Crippen molar-refractivity contribution in [2.45, 2.75) is 18.6 Å². The number of nitrogens with one attached hydrogen (secondary N) is 1. The van der Waals surface area contributed by atoms with Crippen molar-refractivity contribution in [2.75, 3.05) is 12.3 Å². The van der Waals surface area contributed by atoms with Gasteiger partial charge in [-0.15, -0.1) is 11.8 Å². The van der Waals surface area contributed by atoms with Gasteiger partial charge in [-0.3, -0.25) is 9.59 Å². The van der Waals surface area contributed by atoms with E-state index in [1.54, 1.807) is 0 Å². The lowest BCUT2D eigenvalue weighted by Crippen LogP contribution is -2.41. The van der Waals surface area contributed by atoms with Crippen LogP contribution in [0.2, 0.25) is 0 Å². The molecule has 17 heavy (non-hydrogen) atoms. The van der Waals surface area contributed by atoms with Crippen LogP contribution in [0.25, 0.3) is 0 Å². The van der Waals surface area contributed by atoms with Crippen LogP contribution in [0.15, 0.2) is 0 Å². The minimum absolute atomic E-state index is 0.212. The maximum Gasteiger partial charge on any atom is 0.216 e. The molecule has 1 atom stereocenters. The molecule has 0 radical (unpaired) electrons. The summed E-state index contributed by atoms with van der Waals surface area (Å²) >= 11 is 0.822. The van der Waals surface area contributed by atoms with E-state index < -0.39 is 29.4 Å². The summed E-state index contributed by atoms with van der Waals surface area (Å²) in [5, 5.41) is 21.8. The Balaban J connectivity index is 4.20.